The molecule has 0 bridgehead atoms. The van der Waals surface area contributed by atoms with E-state index in [-0.39, 0.29) is 6.61 Å². The van der Waals surface area contributed by atoms with E-state index in [2.05, 4.69) is 22.0 Å². The summed E-state index contributed by atoms with van der Waals surface area (Å²) in [7, 11) is 0. The smallest absolute Gasteiger partial charge is 0.255 e. The van der Waals surface area contributed by atoms with Gasteiger partial charge in [-0.3, -0.25) is 9.69 Å². The molecule has 0 aromatic heterocycles. The molecule has 0 spiro atoms. The molecule has 0 atom stereocenters. The van der Waals surface area contributed by atoms with Crippen LogP contribution in [0.1, 0.15) is 12.5 Å². The van der Waals surface area contributed by atoms with E-state index in [1.54, 1.807) is 0 Å². The van der Waals surface area contributed by atoms with E-state index in [0.717, 1.165) is 56.5 Å². The Morgan fingerprint density at radius 2 is 1.78 bits per heavy atom. The van der Waals surface area contributed by atoms with Crippen molar-refractivity contribution in [1.29, 1.82) is 0 Å². The van der Waals surface area contributed by atoms with Gasteiger partial charge in [0.15, 0.2) is 12.6 Å². The van der Waals surface area contributed by atoms with Gasteiger partial charge in [0.25, 0.3) is 5.91 Å². The fourth-order valence-corrected chi connectivity index (χ4v) is 3.47. The number of guanidine groups is 1. The summed E-state index contributed by atoms with van der Waals surface area (Å²) in [5.41, 5.74) is 6.16. The predicted molar refractivity (Wildman–Crippen MR) is 126 cm³/mol. The van der Waals surface area contributed by atoms with Crippen molar-refractivity contribution in [2.75, 3.05) is 52.5 Å². The summed E-state index contributed by atoms with van der Waals surface area (Å²) in [5, 5.41) is 3.40. The zero-order valence-corrected chi connectivity index (χ0v) is 18.7. The summed E-state index contributed by atoms with van der Waals surface area (Å²) in [6.45, 7) is 8.66. The lowest BCUT2D eigenvalue weighted by Gasteiger charge is -2.36. The average molecular weight is 440 g/mol. The zero-order valence-electron chi connectivity index (χ0n) is 18.7. The number of para-hydroxylation sites is 1. The van der Waals surface area contributed by atoms with Gasteiger partial charge in [-0.05, 0) is 36.8 Å². The van der Waals surface area contributed by atoms with Crippen molar-refractivity contribution in [1.82, 2.24) is 15.1 Å². The largest absolute Gasteiger partial charge is 0.492 e. The number of ether oxygens (including phenoxy) is 2. The van der Waals surface area contributed by atoms with Gasteiger partial charge in [-0.15, -0.1) is 0 Å². The third kappa shape index (κ3) is 7.77. The molecule has 172 valence electrons. The predicted octanol–water partition coefficient (Wildman–Crippen LogP) is 1.71. The van der Waals surface area contributed by atoms with E-state index in [9.17, 15) is 4.79 Å². The van der Waals surface area contributed by atoms with Gasteiger partial charge in [0.05, 0.1) is 6.54 Å². The van der Waals surface area contributed by atoms with Crippen molar-refractivity contribution in [3.63, 3.8) is 0 Å². The first-order valence-electron chi connectivity index (χ1n) is 11.1. The van der Waals surface area contributed by atoms with Crippen LogP contribution in [0.25, 0.3) is 0 Å². The number of primary amides is 1. The molecule has 32 heavy (non-hydrogen) atoms. The molecular formula is C24H33N5O3. The lowest BCUT2D eigenvalue weighted by atomic mass is 10.2. The van der Waals surface area contributed by atoms with Gasteiger partial charge >= 0.3 is 0 Å². The van der Waals surface area contributed by atoms with Gasteiger partial charge in [0, 0.05) is 39.3 Å². The van der Waals surface area contributed by atoms with E-state index in [4.69, 9.17) is 20.2 Å². The summed E-state index contributed by atoms with van der Waals surface area (Å²) >= 11 is 0. The van der Waals surface area contributed by atoms with Crippen LogP contribution in [-0.4, -0.2) is 74.1 Å². The molecular weight excluding hydrogens is 406 g/mol. The van der Waals surface area contributed by atoms with Crippen LogP contribution in [0, 0.1) is 0 Å². The van der Waals surface area contributed by atoms with Crippen molar-refractivity contribution >= 4 is 11.9 Å². The maximum Gasteiger partial charge on any atom is 0.255 e. The Morgan fingerprint density at radius 3 is 2.50 bits per heavy atom. The van der Waals surface area contributed by atoms with E-state index in [1.807, 2.05) is 54.6 Å². The van der Waals surface area contributed by atoms with E-state index < -0.39 is 5.91 Å². The average Bonchev–Trinajstić information content (AvgIpc) is 2.82. The molecule has 2 aromatic carbocycles. The van der Waals surface area contributed by atoms with Gasteiger partial charge in [-0.1, -0.05) is 30.3 Å². The van der Waals surface area contributed by atoms with Crippen LogP contribution in [0.4, 0.5) is 0 Å². The van der Waals surface area contributed by atoms with E-state index in [0.29, 0.717) is 18.9 Å². The van der Waals surface area contributed by atoms with Crippen LogP contribution >= 0.6 is 0 Å². The van der Waals surface area contributed by atoms with Crippen molar-refractivity contribution in [3.8, 4) is 11.5 Å². The summed E-state index contributed by atoms with van der Waals surface area (Å²) in [6, 6.07) is 17.5. The van der Waals surface area contributed by atoms with Gasteiger partial charge in [-0.2, -0.15) is 0 Å². The first kappa shape index (κ1) is 23.4. The Labute approximate surface area is 190 Å². The van der Waals surface area contributed by atoms with Crippen LogP contribution < -0.4 is 20.5 Å². The number of amides is 1. The highest BCUT2D eigenvalue weighted by Crippen LogP contribution is 2.14. The lowest BCUT2D eigenvalue weighted by molar-refractivity contribution is -0.119. The summed E-state index contributed by atoms with van der Waals surface area (Å²) in [6.07, 6.45) is 0. The highest BCUT2D eigenvalue weighted by atomic mass is 16.5. The molecule has 1 aliphatic heterocycles. The third-order valence-electron chi connectivity index (χ3n) is 5.12. The van der Waals surface area contributed by atoms with E-state index >= 15 is 0 Å². The molecule has 0 saturated carbocycles. The van der Waals surface area contributed by atoms with Crippen LogP contribution in [0.5, 0.6) is 11.5 Å². The standard InChI is InChI=1S/C24H33N5O3/c1-2-26-24(27-18-20-7-6-10-22(17-20)32-19-23(25)30)29-13-11-28(12-14-29)15-16-31-21-8-4-3-5-9-21/h3-10,17H,2,11-16,18-19H2,1H3,(H2,25,30)(H,26,27). The number of carbonyl (C=O) groups is 1. The van der Waals surface area contributed by atoms with Crippen LogP contribution in [0.15, 0.2) is 59.6 Å². The zero-order chi connectivity index (χ0) is 22.6. The maximum atomic E-state index is 10.9. The lowest BCUT2D eigenvalue weighted by Crippen LogP contribution is -2.53. The number of nitrogens with two attached hydrogens (primary N) is 1. The Balaban J connectivity index is 1.47. The van der Waals surface area contributed by atoms with Crippen LogP contribution in [-0.2, 0) is 11.3 Å². The number of nitrogens with one attached hydrogen (secondary N) is 1. The molecule has 1 aliphatic rings. The van der Waals surface area contributed by atoms with Gasteiger partial charge in [-0.25, -0.2) is 4.99 Å². The Bertz CT molecular complexity index is 867. The van der Waals surface area contributed by atoms with Gasteiger partial charge < -0.3 is 25.4 Å². The molecule has 3 rings (SSSR count). The number of carbonyl (C=O) groups excluding carboxylic acids is 1. The SMILES string of the molecule is CCNC(=NCc1cccc(OCC(N)=O)c1)N1CCN(CCOc2ccccc2)CC1. The van der Waals surface area contributed by atoms with E-state index in [1.165, 1.54) is 0 Å². The van der Waals surface area contributed by atoms with Crippen LogP contribution in [0.2, 0.25) is 0 Å². The highest BCUT2D eigenvalue weighted by Gasteiger charge is 2.19. The monoisotopic (exact) mass is 439 g/mol. The molecule has 2 aromatic rings. The van der Waals surface area contributed by atoms with Crippen molar-refractivity contribution in [2.45, 2.75) is 13.5 Å². The molecule has 0 unspecified atom stereocenters. The first-order valence-corrected chi connectivity index (χ1v) is 11.1. The normalized spacial score (nSPS) is 14.8. The number of nitrogens with zero attached hydrogens (tertiary/aromatic N) is 3. The Kier molecular flexibility index (Phi) is 9.19. The second-order valence-corrected chi connectivity index (χ2v) is 7.56. The Hall–Kier alpha value is -3.26. The molecule has 1 amide bonds. The minimum Gasteiger partial charge on any atom is -0.492 e. The maximum absolute atomic E-state index is 10.9. The first-order chi connectivity index (χ1) is 15.6. The van der Waals surface area contributed by atoms with Crippen LogP contribution in [0.3, 0.4) is 0 Å². The molecule has 3 N–H and O–H groups in total. The minimum absolute atomic E-state index is 0.129. The van der Waals surface area contributed by atoms with Crippen molar-refractivity contribution in [3.05, 3.63) is 60.2 Å². The molecule has 1 heterocycles. The molecule has 1 saturated heterocycles. The minimum atomic E-state index is -0.492. The molecule has 0 aliphatic carbocycles. The molecule has 1 fully saturated rings. The molecule has 8 nitrogen and oxygen atoms in total. The number of hydrogen-bond donors (Lipinski definition) is 2. The van der Waals surface area contributed by atoms with Gasteiger partial charge in [0.2, 0.25) is 0 Å². The topological polar surface area (TPSA) is 92.4 Å². The summed E-state index contributed by atoms with van der Waals surface area (Å²) < 4.78 is 11.2. The number of aliphatic imine (C=N–C) groups is 1. The second kappa shape index (κ2) is 12.6. The number of benzene rings is 2. The third-order valence-corrected chi connectivity index (χ3v) is 5.12. The number of rotatable bonds is 10. The molecule has 8 heteroatoms. The summed E-state index contributed by atoms with van der Waals surface area (Å²) in [5.74, 6) is 1.95. The molecule has 0 radical (unpaired) electrons. The second-order valence-electron chi connectivity index (χ2n) is 7.56. The summed E-state index contributed by atoms with van der Waals surface area (Å²) in [4.78, 5) is 20.4. The van der Waals surface area contributed by atoms with Crippen molar-refractivity contribution < 1.29 is 14.3 Å². The highest BCUT2D eigenvalue weighted by molar-refractivity contribution is 5.80. The fraction of sp³-hybridized carbons (Fsp3) is 0.417. The Morgan fingerprint density at radius 1 is 1.03 bits per heavy atom. The quantitative estimate of drug-likeness (QED) is 0.433. The number of piperazine rings is 1. The van der Waals surface area contributed by atoms with Crippen molar-refractivity contribution in [2.24, 2.45) is 10.7 Å². The fourth-order valence-electron chi connectivity index (χ4n) is 3.47. The number of hydrogen-bond acceptors (Lipinski definition) is 5. The van der Waals surface area contributed by atoms with Gasteiger partial charge in [0.1, 0.15) is 18.1 Å².